The molecule has 0 aromatic carbocycles. The number of nitrogens with zero attached hydrogens (tertiary/aromatic N) is 2. The summed E-state index contributed by atoms with van der Waals surface area (Å²) in [7, 11) is -1.11. The minimum atomic E-state index is -2.83. The average Bonchev–Trinajstić information content (AvgIpc) is 3.14. The van der Waals surface area contributed by atoms with Gasteiger partial charge in [0.2, 0.25) is 0 Å². The number of fused-ring (bicyclic) bond motifs is 1. The molecule has 1 aliphatic heterocycles. The lowest BCUT2D eigenvalue weighted by Gasteiger charge is -2.14. The third-order valence-electron chi connectivity index (χ3n) is 4.33. The van der Waals surface area contributed by atoms with Crippen molar-refractivity contribution >= 4 is 26.8 Å². The van der Waals surface area contributed by atoms with Gasteiger partial charge in [0, 0.05) is 37.9 Å². The largest absolute Gasteiger partial charge is 0.356 e. The van der Waals surface area contributed by atoms with Gasteiger partial charge < -0.3 is 15.6 Å². The average molecular weight is 349 g/mol. The topological polar surface area (TPSA) is 99.2 Å². The number of aromatic amines is 1. The fraction of sp³-hybridized carbons (Fsp3) is 0.500. The molecule has 0 amide bonds. The van der Waals surface area contributed by atoms with Crippen molar-refractivity contribution in [3.8, 4) is 0 Å². The van der Waals surface area contributed by atoms with E-state index in [4.69, 9.17) is 0 Å². The van der Waals surface area contributed by atoms with Gasteiger partial charge in [-0.15, -0.1) is 0 Å². The second-order valence-corrected chi connectivity index (χ2v) is 8.34. The lowest BCUT2D eigenvalue weighted by Crippen LogP contribution is -2.40. The number of sulfone groups is 1. The minimum Gasteiger partial charge on any atom is -0.356 e. The van der Waals surface area contributed by atoms with E-state index in [9.17, 15) is 8.42 Å². The third-order valence-corrected chi connectivity index (χ3v) is 6.17. The van der Waals surface area contributed by atoms with Crippen LogP contribution in [-0.4, -0.2) is 56.0 Å². The summed E-state index contributed by atoms with van der Waals surface area (Å²) in [5.74, 6) is 1.46. The van der Waals surface area contributed by atoms with Crippen LogP contribution < -0.4 is 10.6 Å². The highest BCUT2D eigenvalue weighted by molar-refractivity contribution is 7.91. The molecule has 3 heterocycles. The molecule has 0 bridgehead atoms. The molecular weight excluding hydrogens is 326 g/mol. The zero-order valence-electron chi connectivity index (χ0n) is 13.7. The highest BCUT2D eigenvalue weighted by atomic mass is 32.2. The van der Waals surface area contributed by atoms with Crippen LogP contribution >= 0.6 is 0 Å². The van der Waals surface area contributed by atoms with E-state index in [-0.39, 0.29) is 11.7 Å². The Bertz CT molecular complexity index is 828. The van der Waals surface area contributed by atoms with Gasteiger partial charge in [-0.1, -0.05) is 0 Å². The highest BCUT2D eigenvalue weighted by Crippen LogP contribution is 2.17. The fourth-order valence-corrected chi connectivity index (χ4v) is 4.89. The Hall–Kier alpha value is -2.09. The number of nitrogens with one attached hydrogen (secondary N) is 3. The van der Waals surface area contributed by atoms with Gasteiger partial charge in [-0.25, -0.2) is 13.4 Å². The van der Waals surface area contributed by atoms with Gasteiger partial charge in [-0.2, -0.15) is 0 Å². The van der Waals surface area contributed by atoms with Crippen molar-refractivity contribution in [3.05, 3.63) is 30.1 Å². The van der Waals surface area contributed by atoms with E-state index in [0.29, 0.717) is 18.3 Å². The number of rotatable bonds is 5. The van der Waals surface area contributed by atoms with Crippen LogP contribution in [0.15, 0.2) is 29.5 Å². The van der Waals surface area contributed by atoms with Crippen LogP contribution in [0, 0.1) is 5.92 Å². The minimum absolute atomic E-state index is 0.174. The highest BCUT2D eigenvalue weighted by Gasteiger charge is 2.27. The Kier molecular flexibility index (Phi) is 5.03. The van der Waals surface area contributed by atoms with E-state index in [0.717, 1.165) is 30.4 Å². The summed E-state index contributed by atoms with van der Waals surface area (Å²) in [4.78, 5) is 11.6. The summed E-state index contributed by atoms with van der Waals surface area (Å²) in [6, 6.07) is 3.99. The molecule has 1 unspecified atom stereocenters. The zero-order valence-corrected chi connectivity index (χ0v) is 14.6. The number of H-pyrrole nitrogens is 1. The molecule has 130 valence electrons. The predicted molar refractivity (Wildman–Crippen MR) is 95.9 cm³/mol. The smallest absolute Gasteiger partial charge is 0.190 e. The standard InChI is InChI=1S/C16H23N5O2S/c1-17-16(21-9-12-5-8-24(22,23)11-12)19-7-4-13-10-20-15-14(13)3-2-6-18-15/h2-3,6,10,12H,4-5,7-9,11H2,1H3,(H,18,20)(H2,17,19,21). The monoisotopic (exact) mass is 349 g/mol. The summed E-state index contributed by atoms with van der Waals surface area (Å²) in [6.45, 7) is 1.38. The molecule has 2 aromatic heterocycles. The van der Waals surface area contributed by atoms with Crippen molar-refractivity contribution in [2.75, 3.05) is 31.6 Å². The maximum absolute atomic E-state index is 11.5. The molecule has 24 heavy (non-hydrogen) atoms. The van der Waals surface area contributed by atoms with Crippen LogP contribution in [0.1, 0.15) is 12.0 Å². The van der Waals surface area contributed by atoms with Crippen LogP contribution in [0.25, 0.3) is 11.0 Å². The maximum atomic E-state index is 11.5. The van der Waals surface area contributed by atoms with E-state index in [1.165, 1.54) is 5.56 Å². The van der Waals surface area contributed by atoms with Gasteiger partial charge in [0.1, 0.15) is 5.65 Å². The summed E-state index contributed by atoms with van der Waals surface area (Å²) in [5, 5.41) is 7.63. The summed E-state index contributed by atoms with van der Waals surface area (Å²) < 4.78 is 23.0. The van der Waals surface area contributed by atoms with E-state index in [1.54, 1.807) is 13.2 Å². The molecule has 3 N–H and O–H groups in total. The number of guanidine groups is 1. The molecular formula is C16H23N5O2S. The molecule has 7 nitrogen and oxygen atoms in total. The molecule has 8 heteroatoms. The van der Waals surface area contributed by atoms with Gasteiger partial charge >= 0.3 is 0 Å². The first-order valence-corrected chi connectivity index (χ1v) is 9.95. The molecule has 1 atom stereocenters. The Morgan fingerprint density at radius 3 is 3.08 bits per heavy atom. The summed E-state index contributed by atoms with van der Waals surface area (Å²) >= 11 is 0. The molecule has 3 rings (SSSR count). The Morgan fingerprint density at radius 2 is 2.33 bits per heavy atom. The van der Waals surface area contributed by atoms with Crippen molar-refractivity contribution in [3.63, 3.8) is 0 Å². The van der Waals surface area contributed by atoms with Crippen LogP contribution in [0.5, 0.6) is 0 Å². The van der Waals surface area contributed by atoms with Gasteiger partial charge in [0.05, 0.1) is 11.5 Å². The number of hydrogen-bond acceptors (Lipinski definition) is 4. The second kappa shape index (κ2) is 7.21. The van der Waals surface area contributed by atoms with E-state index in [1.807, 2.05) is 12.3 Å². The molecule has 1 fully saturated rings. The Morgan fingerprint density at radius 1 is 1.46 bits per heavy atom. The molecule has 0 radical (unpaired) electrons. The maximum Gasteiger partial charge on any atom is 0.190 e. The van der Waals surface area contributed by atoms with Crippen LogP contribution in [0.3, 0.4) is 0 Å². The quantitative estimate of drug-likeness (QED) is 0.545. The number of pyridine rings is 1. The fourth-order valence-electron chi connectivity index (χ4n) is 3.03. The van der Waals surface area contributed by atoms with E-state index in [2.05, 4.69) is 31.7 Å². The normalized spacial score (nSPS) is 20.4. The molecule has 2 aromatic rings. The van der Waals surface area contributed by atoms with Gasteiger partial charge in [-0.3, -0.25) is 4.99 Å². The van der Waals surface area contributed by atoms with E-state index < -0.39 is 9.84 Å². The van der Waals surface area contributed by atoms with Gasteiger partial charge in [-0.05, 0) is 36.5 Å². The Balaban J connectivity index is 1.46. The number of aromatic nitrogens is 2. The lowest BCUT2D eigenvalue weighted by atomic mass is 10.1. The van der Waals surface area contributed by atoms with Gasteiger partial charge in [0.25, 0.3) is 0 Å². The predicted octanol–water partition coefficient (Wildman–Crippen LogP) is 0.705. The van der Waals surface area contributed by atoms with Gasteiger partial charge in [0.15, 0.2) is 15.8 Å². The SMILES string of the molecule is CN=C(NCCc1c[nH]c2ncccc12)NCC1CCS(=O)(=O)C1. The van der Waals surface area contributed by atoms with Crippen LogP contribution in [0.4, 0.5) is 0 Å². The zero-order chi connectivity index (χ0) is 17.0. The number of aliphatic imine (C=N–C) groups is 1. The molecule has 0 spiro atoms. The molecule has 1 aliphatic rings. The van der Waals surface area contributed by atoms with Crippen molar-refractivity contribution in [2.45, 2.75) is 12.8 Å². The number of hydrogen-bond donors (Lipinski definition) is 3. The van der Waals surface area contributed by atoms with Crippen LogP contribution in [0.2, 0.25) is 0 Å². The first kappa shape index (κ1) is 16.8. The second-order valence-electron chi connectivity index (χ2n) is 6.11. The summed E-state index contributed by atoms with van der Waals surface area (Å²) in [6.07, 6.45) is 5.34. The molecule has 0 saturated carbocycles. The first-order valence-electron chi connectivity index (χ1n) is 8.13. The van der Waals surface area contributed by atoms with Crippen LogP contribution in [-0.2, 0) is 16.3 Å². The third kappa shape index (κ3) is 4.05. The van der Waals surface area contributed by atoms with Crippen molar-refractivity contribution in [1.82, 2.24) is 20.6 Å². The van der Waals surface area contributed by atoms with Crippen molar-refractivity contribution in [2.24, 2.45) is 10.9 Å². The lowest BCUT2D eigenvalue weighted by molar-refractivity contribution is 0.567. The molecule has 0 aliphatic carbocycles. The first-order chi connectivity index (χ1) is 11.6. The molecule has 1 saturated heterocycles. The van der Waals surface area contributed by atoms with Crippen molar-refractivity contribution < 1.29 is 8.42 Å². The van der Waals surface area contributed by atoms with Crippen molar-refractivity contribution in [1.29, 1.82) is 0 Å². The van der Waals surface area contributed by atoms with E-state index >= 15 is 0 Å². The Labute approximate surface area is 141 Å². The summed E-state index contributed by atoms with van der Waals surface area (Å²) in [5.41, 5.74) is 2.11.